The fourth-order valence-corrected chi connectivity index (χ4v) is 5.01. The molecule has 4 aromatic rings. The standard InChI is InChI=1S/C27H24N4O3/c32-31(33)21-7-5-6-18(15-21)24-16-25(23-9-2-1-8-22(23)24)29-20-11-12-26-19(14-20)17-28-30(26)27-10-3-4-13-34-27/h1-2,5-9,11-12,14-17,24,27,29H,3-4,10,13H2. The highest BCUT2D eigenvalue weighted by atomic mass is 16.6. The van der Waals surface area contributed by atoms with Gasteiger partial charge in [-0.15, -0.1) is 0 Å². The van der Waals surface area contributed by atoms with Crippen molar-refractivity contribution in [2.45, 2.75) is 31.4 Å². The molecule has 2 atom stereocenters. The summed E-state index contributed by atoms with van der Waals surface area (Å²) in [7, 11) is 0. The largest absolute Gasteiger partial charge is 0.356 e. The lowest BCUT2D eigenvalue weighted by atomic mass is 9.93. The normalized spacial score (nSPS) is 19.6. The molecule has 0 radical (unpaired) electrons. The Balaban J connectivity index is 1.32. The minimum Gasteiger partial charge on any atom is -0.356 e. The van der Waals surface area contributed by atoms with E-state index in [-0.39, 0.29) is 22.8 Å². The summed E-state index contributed by atoms with van der Waals surface area (Å²) in [6, 6.07) is 21.3. The van der Waals surface area contributed by atoms with E-state index in [0.717, 1.165) is 64.8 Å². The SMILES string of the molecule is O=[N+]([O-])c1cccc(C2C=C(Nc3ccc4c(cnn4C4CCCCO4)c3)c3ccccc32)c1. The number of nitrogens with zero attached hydrogens (tertiary/aromatic N) is 3. The maximum absolute atomic E-state index is 11.3. The number of allylic oxidation sites excluding steroid dienone is 1. The molecule has 7 nitrogen and oxygen atoms in total. The second kappa shape index (κ2) is 8.43. The number of hydrogen-bond donors (Lipinski definition) is 1. The molecule has 2 aliphatic rings. The van der Waals surface area contributed by atoms with Gasteiger partial charge in [0.25, 0.3) is 5.69 Å². The number of ether oxygens (including phenoxy) is 1. The van der Waals surface area contributed by atoms with Crippen molar-refractivity contribution in [2.24, 2.45) is 0 Å². The topological polar surface area (TPSA) is 82.2 Å². The quantitative estimate of drug-likeness (QED) is 0.286. The highest BCUT2D eigenvalue weighted by Gasteiger charge is 2.26. The van der Waals surface area contributed by atoms with Crippen LogP contribution in [0.3, 0.4) is 0 Å². The highest BCUT2D eigenvalue weighted by Crippen LogP contribution is 2.41. The molecule has 2 unspecified atom stereocenters. The number of benzene rings is 3. The Bertz CT molecular complexity index is 1420. The lowest BCUT2D eigenvalue weighted by Gasteiger charge is -2.23. The van der Waals surface area contributed by atoms with Gasteiger partial charge in [0, 0.05) is 47.0 Å². The average Bonchev–Trinajstić information content (AvgIpc) is 3.46. The van der Waals surface area contributed by atoms with Gasteiger partial charge >= 0.3 is 0 Å². The summed E-state index contributed by atoms with van der Waals surface area (Å²) in [6.45, 7) is 0.783. The van der Waals surface area contributed by atoms with Gasteiger partial charge in [-0.2, -0.15) is 5.10 Å². The minimum atomic E-state index is -0.346. The lowest BCUT2D eigenvalue weighted by molar-refractivity contribution is -0.384. The summed E-state index contributed by atoms with van der Waals surface area (Å²) >= 11 is 0. The van der Waals surface area contributed by atoms with Crippen molar-refractivity contribution in [3.63, 3.8) is 0 Å². The molecule has 1 saturated heterocycles. The Labute approximate surface area is 196 Å². The molecule has 7 heteroatoms. The predicted molar refractivity (Wildman–Crippen MR) is 132 cm³/mol. The average molecular weight is 453 g/mol. The number of nitro benzene ring substituents is 1. The first-order chi connectivity index (χ1) is 16.7. The van der Waals surface area contributed by atoms with E-state index < -0.39 is 0 Å². The third kappa shape index (κ3) is 3.64. The number of anilines is 1. The molecule has 1 aromatic heterocycles. The van der Waals surface area contributed by atoms with Gasteiger partial charge in [-0.05, 0) is 54.7 Å². The number of nitrogens with one attached hydrogen (secondary N) is 1. The molecular formula is C27H24N4O3. The Morgan fingerprint density at radius 2 is 1.97 bits per heavy atom. The zero-order valence-corrected chi connectivity index (χ0v) is 18.6. The van der Waals surface area contributed by atoms with E-state index >= 15 is 0 Å². The highest BCUT2D eigenvalue weighted by molar-refractivity contribution is 5.88. The molecule has 34 heavy (non-hydrogen) atoms. The number of non-ortho nitro benzene ring substituents is 1. The van der Waals surface area contributed by atoms with E-state index in [0.29, 0.717) is 0 Å². The molecule has 0 amide bonds. The third-order valence-electron chi connectivity index (χ3n) is 6.66. The van der Waals surface area contributed by atoms with Gasteiger partial charge in [0.1, 0.15) is 0 Å². The fourth-order valence-electron chi connectivity index (χ4n) is 5.01. The van der Waals surface area contributed by atoms with Crippen LogP contribution >= 0.6 is 0 Å². The van der Waals surface area contributed by atoms with E-state index in [1.54, 1.807) is 12.1 Å². The van der Waals surface area contributed by atoms with E-state index in [4.69, 9.17) is 4.74 Å². The van der Waals surface area contributed by atoms with Crippen molar-refractivity contribution in [3.05, 3.63) is 106 Å². The molecule has 1 aliphatic carbocycles. The van der Waals surface area contributed by atoms with Gasteiger partial charge in [-0.25, -0.2) is 4.68 Å². The number of rotatable bonds is 5. The van der Waals surface area contributed by atoms with Crippen LogP contribution in [0.25, 0.3) is 16.6 Å². The molecule has 1 N–H and O–H groups in total. The number of fused-ring (bicyclic) bond motifs is 2. The van der Waals surface area contributed by atoms with Crippen LogP contribution in [-0.4, -0.2) is 21.3 Å². The molecular weight excluding hydrogens is 428 g/mol. The molecule has 0 saturated carbocycles. The zero-order chi connectivity index (χ0) is 23.1. The van der Waals surface area contributed by atoms with E-state index in [1.165, 1.54) is 6.07 Å². The minimum absolute atomic E-state index is 0.00478. The Morgan fingerprint density at radius 1 is 1.06 bits per heavy atom. The lowest BCUT2D eigenvalue weighted by Crippen LogP contribution is -2.18. The molecule has 3 aromatic carbocycles. The number of hydrogen-bond acceptors (Lipinski definition) is 5. The van der Waals surface area contributed by atoms with Crippen molar-refractivity contribution in [3.8, 4) is 0 Å². The Morgan fingerprint density at radius 3 is 2.82 bits per heavy atom. The van der Waals surface area contributed by atoms with Crippen LogP contribution in [0.15, 0.2) is 79.0 Å². The van der Waals surface area contributed by atoms with E-state index in [1.807, 2.05) is 29.1 Å². The number of aromatic nitrogens is 2. The van der Waals surface area contributed by atoms with Crippen LogP contribution in [0.2, 0.25) is 0 Å². The fraction of sp³-hybridized carbons (Fsp3) is 0.222. The monoisotopic (exact) mass is 452 g/mol. The van der Waals surface area contributed by atoms with Crippen molar-refractivity contribution >= 4 is 28.0 Å². The smallest absolute Gasteiger partial charge is 0.269 e. The Hall–Kier alpha value is -3.97. The van der Waals surface area contributed by atoms with Crippen molar-refractivity contribution in [1.82, 2.24) is 9.78 Å². The van der Waals surface area contributed by atoms with Gasteiger partial charge in [0.05, 0.1) is 16.6 Å². The van der Waals surface area contributed by atoms with E-state index in [2.05, 4.69) is 46.8 Å². The van der Waals surface area contributed by atoms with E-state index in [9.17, 15) is 10.1 Å². The first-order valence-corrected chi connectivity index (χ1v) is 11.6. The van der Waals surface area contributed by atoms with Crippen molar-refractivity contribution < 1.29 is 9.66 Å². The van der Waals surface area contributed by atoms with Gasteiger partial charge in [-0.3, -0.25) is 10.1 Å². The summed E-state index contributed by atoms with van der Waals surface area (Å²) in [5.41, 5.74) is 6.27. The maximum Gasteiger partial charge on any atom is 0.269 e. The van der Waals surface area contributed by atoms with Crippen LogP contribution in [0, 0.1) is 10.1 Å². The Kier molecular flexibility index (Phi) is 5.11. The second-order valence-electron chi connectivity index (χ2n) is 8.81. The molecule has 6 rings (SSSR count). The molecule has 170 valence electrons. The summed E-state index contributed by atoms with van der Waals surface area (Å²) in [5.74, 6) is -0.0477. The van der Waals surface area contributed by atoms with Crippen molar-refractivity contribution in [2.75, 3.05) is 11.9 Å². The van der Waals surface area contributed by atoms with Gasteiger partial charge in [0.2, 0.25) is 0 Å². The summed E-state index contributed by atoms with van der Waals surface area (Å²) in [4.78, 5) is 10.9. The number of nitro groups is 1. The van der Waals surface area contributed by atoms with Gasteiger partial charge < -0.3 is 10.1 Å². The predicted octanol–water partition coefficient (Wildman–Crippen LogP) is 6.24. The van der Waals surface area contributed by atoms with Crippen molar-refractivity contribution in [1.29, 1.82) is 0 Å². The molecule has 2 heterocycles. The van der Waals surface area contributed by atoms with Crippen LogP contribution in [0.4, 0.5) is 11.4 Å². The summed E-state index contributed by atoms with van der Waals surface area (Å²) in [5, 5.41) is 20.5. The van der Waals surface area contributed by atoms with Crippen LogP contribution in [0.1, 0.15) is 48.1 Å². The first kappa shape index (κ1) is 20.6. The second-order valence-corrected chi connectivity index (χ2v) is 8.81. The van der Waals surface area contributed by atoms with Crippen LogP contribution in [-0.2, 0) is 4.74 Å². The molecule has 1 aliphatic heterocycles. The molecule has 1 fully saturated rings. The van der Waals surface area contributed by atoms with Gasteiger partial charge in [-0.1, -0.05) is 36.4 Å². The van der Waals surface area contributed by atoms with Crippen LogP contribution in [0.5, 0.6) is 0 Å². The maximum atomic E-state index is 11.3. The third-order valence-corrected chi connectivity index (χ3v) is 6.66. The summed E-state index contributed by atoms with van der Waals surface area (Å²) in [6.07, 6.45) is 7.29. The van der Waals surface area contributed by atoms with Gasteiger partial charge in [0.15, 0.2) is 6.23 Å². The zero-order valence-electron chi connectivity index (χ0n) is 18.6. The molecule has 0 bridgehead atoms. The van der Waals surface area contributed by atoms with Crippen LogP contribution < -0.4 is 5.32 Å². The summed E-state index contributed by atoms with van der Waals surface area (Å²) < 4.78 is 7.90. The molecule has 0 spiro atoms. The first-order valence-electron chi connectivity index (χ1n) is 11.6.